The van der Waals surface area contributed by atoms with Crippen LogP contribution >= 0.6 is 11.6 Å². The number of halogens is 2. The molecule has 0 aliphatic carbocycles. The van der Waals surface area contributed by atoms with Crippen LogP contribution in [-0.4, -0.2) is 45.7 Å². The van der Waals surface area contributed by atoms with Gasteiger partial charge in [0, 0.05) is 19.3 Å². The molecule has 1 saturated heterocycles. The van der Waals surface area contributed by atoms with Crippen LogP contribution in [-0.2, 0) is 19.9 Å². The molecule has 0 spiro atoms. The van der Waals surface area contributed by atoms with E-state index in [9.17, 15) is 21.2 Å². The van der Waals surface area contributed by atoms with Crippen molar-refractivity contribution in [2.45, 2.75) is 16.6 Å². The van der Waals surface area contributed by atoms with Crippen LogP contribution in [0.2, 0.25) is 5.02 Å². The van der Waals surface area contributed by atoms with E-state index in [2.05, 4.69) is 0 Å². The number of nitrogens with zero attached hydrogens (tertiary/aromatic N) is 1. The number of rotatable bonds is 3. The van der Waals surface area contributed by atoms with Crippen molar-refractivity contribution in [3.63, 3.8) is 0 Å². The third-order valence-corrected chi connectivity index (χ3v) is 6.99. The third-order valence-electron chi connectivity index (χ3n) is 3.24. The highest BCUT2D eigenvalue weighted by Crippen LogP contribution is 2.26. The molecule has 0 saturated carbocycles. The second-order valence-electron chi connectivity index (χ2n) is 4.68. The van der Waals surface area contributed by atoms with Crippen LogP contribution in [0.5, 0.6) is 0 Å². The number of benzene rings is 1. The van der Waals surface area contributed by atoms with Crippen molar-refractivity contribution in [2.24, 2.45) is 0 Å². The van der Waals surface area contributed by atoms with E-state index in [1.165, 1.54) is 0 Å². The summed E-state index contributed by atoms with van der Waals surface area (Å²) in [5.41, 5.74) is 0. The molecule has 1 aromatic carbocycles. The van der Waals surface area contributed by atoms with Gasteiger partial charge in [0.25, 0.3) is 0 Å². The average molecular weight is 342 g/mol. The highest BCUT2D eigenvalue weighted by molar-refractivity contribution is 7.91. The topological polar surface area (TPSA) is 71.5 Å². The van der Waals surface area contributed by atoms with Gasteiger partial charge in [-0.15, -0.1) is 0 Å². The monoisotopic (exact) mass is 341 g/mol. The Morgan fingerprint density at radius 1 is 1.30 bits per heavy atom. The Bertz CT molecular complexity index is 733. The molecule has 0 aromatic heterocycles. The number of sulfonamides is 1. The predicted molar refractivity (Wildman–Crippen MR) is 73.4 cm³/mol. The van der Waals surface area contributed by atoms with Gasteiger partial charge in [-0.1, -0.05) is 11.6 Å². The lowest BCUT2D eigenvalue weighted by atomic mass is 10.3. The Morgan fingerprint density at radius 3 is 2.45 bits per heavy atom. The Balaban J connectivity index is 2.30. The van der Waals surface area contributed by atoms with E-state index in [-0.39, 0.29) is 29.4 Å². The van der Waals surface area contributed by atoms with E-state index in [4.69, 9.17) is 11.6 Å². The molecule has 112 valence electrons. The van der Waals surface area contributed by atoms with Crippen molar-refractivity contribution < 1.29 is 21.2 Å². The number of hydrogen-bond donors (Lipinski definition) is 0. The van der Waals surface area contributed by atoms with Crippen LogP contribution < -0.4 is 0 Å². The van der Waals surface area contributed by atoms with Gasteiger partial charge >= 0.3 is 0 Å². The van der Waals surface area contributed by atoms with Crippen LogP contribution in [0.25, 0.3) is 0 Å². The van der Waals surface area contributed by atoms with Crippen molar-refractivity contribution in [2.75, 3.05) is 19.3 Å². The molecule has 0 radical (unpaired) electrons. The fraction of sp³-hybridized carbons (Fsp3) is 0.455. The lowest BCUT2D eigenvalue weighted by Gasteiger charge is -2.16. The van der Waals surface area contributed by atoms with Crippen molar-refractivity contribution >= 4 is 31.5 Å². The maximum atomic E-state index is 13.1. The first-order chi connectivity index (χ1) is 9.12. The van der Waals surface area contributed by atoms with Crippen LogP contribution in [0.1, 0.15) is 6.42 Å². The average Bonchev–Trinajstić information content (AvgIpc) is 2.82. The highest BCUT2D eigenvalue weighted by atomic mass is 35.5. The Kier molecular flexibility index (Phi) is 4.12. The first-order valence-corrected chi connectivity index (χ1v) is 9.53. The lowest BCUT2D eigenvalue weighted by molar-refractivity contribution is 0.476. The quantitative estimate of drug-likeness (QED) is 0.830. The highest BCUT2D eigenvalue weighted by Gasteiger charge is 2.37. The van der Waals surface area contributed by atoms with Crippen LogP contribution in [0.3, 0.4) is 0 Å². The lowest BCUT2D eigenvalue weighted by Crippen LogP contribution is -2.31. The zero-order chi connectivity index (χ0) is 15.1. The van der Waals surface area contributed by atoms with E-state index in [1.54, 1.807) is 0 Å². The first kappa shape index (κ1) is 15.7. The predicted octanol–water partition coefficient (Wildman–Crippen LogP) is 1.29. The zero-order valence-corrected chi connectivity index (χ0v) is 13.0. The second-order valence-corrected chi connectivity index (χ2v) is 9.35. The molecule has 1 heterocycles. The van der Waals surface area contributed by atoms with Gasteiger partial charge < -0.3 is 0 Å². The molecule has 5 nitrogen and oxygen atoms in total. The van der Waals surface area contributed by atoms with Gasteiger partial charge in [0.05, 0.1) is 15.2 Å². The summed E-state index contributed by atoms with van der Waals surface area (Å²) >= 11 is 5.57. The van der Waals surface area contributed by atoms with Crippen molar-refractivity contribution in [3.05, 3.63) is 29.0 Å². The minimum atomic E-state index is -3.85. The van der Waals surface area contributed by atoms with E-state index < -0.39 is 30.9 Å². The fourth-order valence-electron chi connectivity index (χ4n) is 2.05. The summed E-state index contributed by atoms with van der Waals surface area (Å²) in [5, 5.41) is -0.988. The molecule has 1 aliphatic rings. The second kappa shape index (κ2) is 5.25. The molecule has 0 N–H and O–H groups in total. The Hall–Kier alpha value is -0.700. The van der Waals surface area contributed by atoms with Gasteiger partial charge in [-0.25, -0.2) is 21.2 Å². The molecule has 20 heavy (non-hydrogen) atoms. The van der Waals surface area contributed by atoms with Gasteiger partial charge in [0.2, 0.25) is 10.0 Å². The molecular weight excluding hydrogens is 329 g/mol. The molecule has 1 atom stereocenters. The summed E-state index contributed by atoms with van der Waals surface area (Å²) in [6, 6.07) is 3.11. The molecule has 0 unspecified atom stereocenters. The molecule has 9 heteroatoms. The summed E-state index contributed by atoms with van der Waals surface area (Å²) in [6.45, 7) is 0.0330. The van der Waals surface area contributed by atoms with Gasteiger partial charge in [-0.05, 0) is 24.6 Å². The van der Waals surface area contributed by atoms with E-state index in [0.29, 0.717) is 0 Å². The van der Waals surface area contributed by atoms with Crippen LogP contribution in [0.15, 0.2) is 23.1 Å². The van der Waals surface area contributed by atoms with Crippen molar-refractivity contribution in [3.8, 4) is 0 Å². The van der Waals surface area contributed by atoms with Crippen molar-refractivity contribution in [1.29, 1.82) is 0 Å². The fourth-order valence-corrected chi connectivity index (χ4v) is 4.90. The summed E-state index contributed by atoms with van der Waals surface area (Å²) < 4.78 is 61.7. The number of sulfone groups is 1. The van der Waals surface area contributed by atoms with E-state index in [1.807, 2.05) is 0 Å². The maximum Gasteiger partial charge on any atom is 0.243 e. The largest absolute Gasteiger partial charge is 0.243 e. The Labute approximate surface area is 122 Å². The first-order valence-electron chi connectivity index (χ1n) is 5.76. The summed E-state index contributed by atoms with van der Waals surface area (Å²) in [6.07, 6.45) is 1.34. The summed E-state index contributed by atoms with van der Waals surface area (Å²) in [4.78, 5) is -0.141. The van der Waals surface area contributed by atoms with Crippen molar-refractivity contribution in [1.82, 2.24) is 4.31 Å². The SMILES string of the molecule is CS(=O)(=O)[C@H]1CCN(S(=O)(=O)c2ccc(F)c(Cl)c2)C1. The summed E-state index contributed by atoms with van der Waals surface area (Å²) in [7, 11) is -7.14. The smallest absolute Gasteiger partial charge is 0.229 e. The third kappa shape index (κ3) is 2.98. The van der Waals surface area contributed by atoms with Gasteiger partial charge in [0.1, 0.15) is 5.82 Å². The normalized spacial score (nSPS) is 21.2. The van der Waals surface area contributed by atoms with E-state index >= 15 is 0 Å². The molecule has 1 fully saturated rings. The molecule has 1 aliphatic heterocycles. The van der Waals surface area contributed by atoms with Crippen LogP contribution in [0.4, 0.5) is 4.39 Å². The molecule has 2 rings (SSSR count). The van der Waals surface area contributed by atoms with Gasteiger partial charge in [-0.2, -0.15) is 4.31 Å². The maximum absolute atomic E-state index is 13.1. The molecular formula is C11H13ClFNO4S2. The van der Waals surface area contributed by atoms with Gasteiger partial charge in [0.15, 0.2) is 9.84 Å². The van der Waals surface area contributed by atoms with Gasteiger partial charge in [-0.3, -0.25) is 0 Å². The Morgan fingerprint density at radius 2 is 1.95 bits per heavy atom. The number of hydrogen-bond acceptors (Lipinski definition) is 4. The zero-order valence-electron chi connectivity index (χ0n) is 10.6. The van der Waals surface area contributed by atoms with Crippen LogP contribution in [0, 0.1) is 5.82 Å². The standard InChI is InChI=1S/C11H13ClFNO4S2/c1-19(15,16)9-4-5-14(7-9)20(17,18)8-2-3-11(13)10(12)6-8/h2-3,6,9H,4-5,7H2,1H3/t9-/m0/s1. The summed E-state index contributed by atoms with van der Waals surface area (Å²) in [5.74, 6) is -0.707. The van der Waals surface area contributed by atoms with E-state index in [0.717, 1.165) is 28.8 Å². The minimum Gasteiger partial charge on any atom is -0.229 e. The molecule has 0 bridgehead atoms. The molecule has 1 aromatic rings. The minimum absolute atomic E-state index is 0.0871. The molecule has 0 amide bonds.